The highest BCUT2D eigenvalue weighted by atomic mass is 79.9. The van der Waals surface area contributed by atoms with Crippen LogP contribution in [-0.4, -0.2) is 14.6 Å². The molecule has 1 N–H and O–H groups in total. The number of rotatable bonds is 0. The first kappa shape index (κ1) is 7.54. The molecule has 12 heavy (non-hydrogen) atoms. The van der Waals surface area contributed by atoms with E-state index in [-0.39, 0.29) is 5.56 Å². The monoisotopic (exact) mass is 227 g/mol. The Labute approximate surface area is 76.4 Å². The Kier molecular flexibility index (Phi) is 1.54. The molecule has 0 saturated carbocycles. The molecule has 0 atom stereocenters. The zero-order valence-corrected chi connectivity index (χ0v) is 7.92. The minimum atomic E-state index is -0.117. The number of halogens is 1. The van der Waals surface area contributed by atoms with E-state index in [2.05, 4.69) is 26.0 Å². The molecule has 0 bridgehead atoms. The van der Waals surface area contributed by atoms with Crippen molar-refractivity contribution in [1.82, 2.24) is 14.6 Å². The average Bonchev–Trinajstić information content (AvgIpc) is 2.29. The van der Waals surface area contributed by atoms with Gasteiger partial charge in [0.05, 0.1) is 0 Å². The molecule has 0 fully saturated rings. The van der Waals surface area contributed by atoms with Gasteiger partial charge in [0.1, 0.15) is 10.1 Å². The van der Waals surface area contributed by atoms with Crippen LogP contribution in [0.3, 0.4) is 0 Å². The fourth-order valence-corrected chi connectivity index (χ4v) is 1.48. The lowest BCUT2D eigenvalue weighted by Crippen LogP contribution is -2.10. The summed E-state index contributed by atoms with van der Waals surface area (Å²) in [5, 5.41) is 4.05. The molecule has 0 aliphatic heterocycles. The summed E-state index contributed by atoms with van der Waals surface area (Å²) >= 11 is 3.20. The van der Waals surface area contributed by atoms with Gasteiger partial charge in [-0.15, -0.1) is 0 Å². The minimum absolute atomic E-state index is 0.117. The Morgan fingerprint density at radius 3 is 3.17 bits per heavy atom. The summed E-state index contributed by atoms with van der Waals surface area (Å²) in [5.41, 5.74) is 1.23. The van der Waals surface area contributed by atoms with Gasteiger partial charge in [-0.25, -0.2) is 4.52 Å². The van der Waals surface area contributed by atoms with E-state index in [1.165, 1.54) is 0 Å². The maximum absolute atomic E-state index is 11.3. The molecule has 2 aromatic rings. The van der Waals surface area contributed by atoms with Gasteiger partial charge in [0.25, 0.3) is 5.56 Å². The maximum atomic E-state index is 11.3. The highest BCUT2D eigenvalue weighted by Gasteiger charge is 2.02. The predicted octanol–water partition coefficient (Wildman–Crippen LogP) is 1.09. The van der Waals surface area contributed by atoms with Crippen LogP contribution in [-0.2, 0) is 0 Å². The molecule has 5 heteroatoms. The summed E-state index contributed by atoms with van der Waals surface area (Å²) in [4.78, 5) is 14.0. The maximum Gasteiger partial charge on any atom is 0.274 e. The Hall–Kier alpha value is -1.10. The average molecular weight is 228 g/mol. The van der Waals surface area contributed by atoms with E-state index in [4.69, 9.17) is 0 Å². The fraction of sp³-hybridized carbons (Fsp3) is 0.143. The van der Waals surface area contributed by atoms with Crippen LogP contribution < -0.4 is 5.56 Å². The molecule has 0 spiro atoms. The van der Waals surface area contributed by atoms with Crippen molar-refractivity contribution < 1.29 is 0 Å². The first-order valence-electron chi connectivity index (χ1n) is 3.41. The lowest BCUT2D eigenvalue weighted by atomic mass is 10.5. The van der Waals surface area contributed by atoms with Crippen LogP contribution in [0.15, 0.2) is 21.7 Å². The smallest absolute Gasteiger partial charge is 0.274 e. The van der Waals surface area contributed by atoms with Gasteiger partial charge in [-0.3, -0.25) is 4.79 Å². The lowest BCUT2D eigenvalue weighted by Gasteiger charge is -1.93. The highest BCUT2D eigenvalue weighted by Crippen LogP contribution is 2.07. The van der Waals surface area contributed by atoms with E-state index in [0.29, 0.717) is 10.1 Å². The molecule has 0 radical (unpaired) electrons. The number of hydrogen-bond donors (Lipinski definition) is 1. The second-order valence-corrected chi connectivity index (χ2v) is 3.38. The topological polar surface area (TPSA) is 50.2 Å². The van der Waals surface area contributed by atoms with Gasteiger partial charge in [-0.2, -0.15) is 5.10 Å². The van der Waals surface area contributed by atoms with E-state index < -0.39 is 0 Å². The zero-order valence-electron chi connectivity index (χ0n) is 6.34. The van der Waals surface area contributed by atoms with Crippen molar-refractivity contribution in [3.05, 3.63) is 32.9 Å². The van der Waals surface area contributed by atoms with Crippen molar-refractivity contribution in [2.45, 2.75) is 6.92 Å². The first-order valence-corrected chi connectivity index (χ1v) is 4.21. The number of aryl methyl sites for hydroxylation is 1. The number of nitrogens with zero attached hydrogens (tertiary/aromatic N) is 2. The van der Waals surface area contributed by atoms with Gasteiger partial charge in [0.15, 0.2) is 0 Å². The van der Waals surface area contributed by atoms with Crippen molar-refractivity contribution in [3.8, 4) is 0 Å². The Morgan fingerprint density at radius 2 is 2.42 bits per heavy atom. The predicted molar refractivity (Wildman–Crippen MR) is 48.2 cm³/mol. The molecule has 0 unspecified atom stereocenters. The van der Waals surface area contributed by atoms with Crippen LogP contribution in [0.1, 0.15) is 5.69 Å². The molecule has 0 saturated heterocycles. The van der Waals surface area contributed by atoms with E-state index in [9.17, 15) is 4.79 Å². The first-order chi connectivity index (χ1) is 5.66. The molecule has 0 aromatic carbocycles. The number of nitrogens with one attached hydrogen (secondary N) is 1. The van der Waals surface area contributed by atoms with Crippen LogP contribution in [0.4, 0.5) is 0 Å². The van der Waals surface area contributed by atoms with E-state index >= 15 is 0 Å². The molecule has 4 nitrogen and oxygen atoms in total. The number of aromatic amines is 1. The Morgan fingerprint density at radius 1 is 1.67 bits per heavy atom. The minimum Gasteiger partial charge on any atom is -0.323 e. The van der Waals surface area contributed by atoms with Crippen molar-refractivity contribution in [1.29, 1.82) is 0 Å². The fourth-order valence-electron chi connectivity index (χ4n) is 1.09. The van der Waals surface area contributed by atoms with E-state index in [0.717, 1.165) is 5.69 Å². The third kappa shape index (κ3) is 1.06. The Balaban J connectivity index is 2.98. The van der Waals surface area contributed by atoms with Crippen molar-refractivity contribution in [3.63, 3.8) is 0 Å². The van der Waals surface area contributed by atoms with E-state index in [1.807, 2.05) is 6.92 Å². The molecule has 2 heterocycles. The molecule has 2 rings (SSSR count). The van der Waals surface area contributed by atoms with Gasteiger partial charge >= 0.3 is 0 Å². The summed E-state index contributed by atoms with van der Waals surface area (Å²) in [6.45, 7) is 1.82. The van der Waals surface area contributed by atoms with Crippen molar-refractivity contribution in [2.24, 2.45) is 0 Å². The van der Waals surface area contributed by atoms with Gasteiger partial charge in [-0.05, 0) is 22.9 Å². The summed E-state index contributed by atoms with van der Waals surface area (Å²) in [7, 11) is 0. The Bertz CT molecular complexity index is 485. The van der Waals surface area contributed by atoms with Gasteiger partial charge in [0.2, 0.25) is 0 Å². The normalized spacial score (nSPS) is 10.8. The number of fused-ring (bicyclic) bond motifs is 1. The van der Waals surface area contributed by atoms with Gasteiger partial charge < -0.3 is 4.98 Å². The second kappa shape index (κ2) is 2.45. The summed E-state index contributed by atoms with van der Waals surface area (Å²) < 4.78 is 2.22. The third-order valence-corrected chi connectivity index (χ3v) is 1.95. The third-order valence-electron chi connectivity index (χ3n) is 1.57. The molecular weight excluding hydrogens is 222 g/mol. The zero-order chi connectivity index (χ0) is 8.72. The molecule has 0 aliphatic carbocycles. The second-order valence-electron chi connectivity index (χ2n) is 2.56. The quantitative estimate of drug-likeness (QED) is 0.733. The summed E-state index contributed by atoms with van der Waals surface area (Å²) in [6, 6.07) is 1.68. The highest BCUT2D eigenvalue weighted by molar-refractivity contribution is 9.10. The van der Waals surface area contributed by atoms with Crippen LogP contribution in [0, 0.1) is 6.92 Å². The number of H-pyrrole nitrogens is 1. The van der Waals surface area contributed by atoms with Crippen LogP contribution in [0.2, 0.25) is 0 Å². The van der Waals surface area contributed by atoms with Crippen LogP contribution in [0.5, 0.6) is 0 Å². The van der Waals surface area contributed by atoms with Gasteiger partial charge in [0, 0.05) is 18.0 Å². The largest absolute Gasteiger partial charge is 0.323 e. The number of aromatic nitrogens is 3. The van der Waals surface area contributed by atoms with Gasteiger partial charge in [-0.1, -0.05) is 0 Å². The summed E-state index contributed by atoms with van der Waals surface area (Å²) in [5.74, 6) is 0. The summed E-state index contributed by atoms with van der Waals surface area (Å²) in [6.07, 6.45) is 1.77. The standard InChI is InChI=1S/C7H6BrN3O/c1-4-3-11-5(7(12)9-4)2-6(8)10-11/h2-3H,1H3,(H,9,12). The van der Waals surface area contributed by atoms with Crippen LogP contribution in [0.25, 0.3) is 5.52 Å². The van der Waals surface area contributed by atoms with Crippen molar-refractivity contribution in [2.75, 3.05) is 0 Å². The molecule has 0 amide bonds. The van der Waals surface area contributed by atoms with E-state index in [1.54, 1.807) is 16.8 Å². The SMILES string of the molecule is Cc1cn2nc(Br)cc2c(=O)[nH]1. The molecular formula is C7H6BrN3O. The molecule has 2 aromatic heterocycles. The lowest BCUT2D eigenvalue weighted by molar-refractivity contribution is 0.906. The molecule has 62 valence electrons. The van der Waals surface area contributed by atoms with Crippen LogP contribution >= 0.6 is 15.9 Å². The number of hydrogen-bond acceptors (Lipinski definition) is 2. The van der Waals surface area contributed by atoms with Crippen molar-refractivity contribution >= 4 is 21.4 Å². The molecule has 0 aliphatic rings.